The van der Waals surface area contributed by atoms with Crippen LogP contribution in [0.4, 0.5) is 0 Å². The summed E-state index contributed by atoms with van der Waals surface area (Å²) >= 11 is 0. The van der Waals surface area contributed by atoms with Gasteiger partial charge in [-0.15, -0.1) is 0 Å². The Bertz CT molecular complexity index is 367. The van der Waals surface area contributed by atoms with Gasteiger partial charge in [0.25, 0.3) is 0 Å². The van der Waals surface area contributed by atoms with Crippen LogP contribution in [0, 0.1) is 6.92 Å². The van der Waals surface area contributed by atoms with Crippen LogP contribution in [0.5, 0.6) is 5.75 Å². The Morgan fingerprint density at radius 1 is 1.50 bits per heavy atom. The van der Waals surface area contributed by atoms with E-state index in [0.29, 0.717) is 11.3 Å². The summed E-state index contributed by atoms with van der Waals surface area (Å²) in [7, 11) is 0. The minimum atomic E-state index is -0.918. The van der Waals surface area contributed by atoms with E-state index < -0.39 is 5.97 Å². The first-order valence-corrected chi connectivity index (χ1v) is 4.68. The minimum absolute atomic E-state index is 0.231. The summed E-state index contributed by atoms with van der Waals surface area (Å²) in [5.74, 6) is -0.418. The zero-order valence-corrected chi connectivity index (χ0v) is 7.99. The van der Waals surface area contributed by atoms with E-state index in [1.165, 1.54) is 0 Å². The number of hydrogen-bond donors (Lipinski definition) is 1. The first-order valence-electron chi connectivity index (χ1n) is 4.68. The van der Waals surface area contributed by atoms with Gasteiger partial charge >= 0.3 is 5.97 Å². The lowest BCUT2D eigenvalue weighted by Crippen LogP contribution is -2.06. The predicted octanol–water partition coefficient (Wildman–Crippen LogP) is 2.23. The van der Waals surface area contributed by atoms with E-state index in [9.17, 15) is 4.79 Å². The highest BCUT2D eigenvalue weighted by atomic mass is 16.5. The molecule has 1 aromatic rings. The average Bonchev–Trinajstić information content (AvgIpc) is 2.87. The highest BCUT2D eigenvalue weighted by Gasteiger charge is 2.26. The van der Waals surface area contributed by atoms with Crippen molar-refractivity contribution < 1.29 is 14.6 Å². The second-order valence-corrected chi connectivity index (χ2v) is 3.57. The maximum atomic E-state index is 11.0. The molecule has 0 atom stereocenters. The highest BCUT2D eigenvalue weighted by Crippen LogP contribution is 2.30. The van der Waals surface area contributed by atoms with Crippen LogP contribution in [0.3, 0.4) is 0 Å². The van der Waals surface area contributed by atoms with Crippen LogP contribution in [-0.4, -0.2) is 17.2 Å². The molecule has 1 fully saturated rings. The smallest absolute Gasteiger partial charge is 0.339 e. The zero-order chi connectivity index (χ0) is 10.1. The molecule has 0 bridgehead atoms. The molecule has 1 aliphatic carbocycles. The molecule has 3 nitrogen and oxygen atoms in total. The molecule has 0 spiro atoms. The quantitative estimate of drug-likeness (QED) is 0.798. The van der Waals surface area contributed by atoms with Crippen molar-refractivity contribution in [2.24, 2.45) is 0 Å². The normalized spacial score (nSPS) is 15.2. The molecule has 2 rings (SSSR count). The number of ether oxygens (including phenoxy) is 1. The SMILES string of the molecule is Cc1cccc(OC2CC2)c1C(=O)O. The summed E-state index contributed by atoms with van der Waals surface area (Å²) < 4.78 is 5.52. The summed E-state index contributed by atoms with van der Waals surface area (Å²) in [5, 5.41) is 9.00. The number of rotatable bonds is 3. The van der Waals surface area contributed by atoms with Crippen LogP contribution < -0.4 is 4.74 Å². The first-order chi connectivity index (χ1) is 6.68. The third-order valence-electron chi connectivity index (χ3n) is 2.27. The fourth-order valence-electron chi connectivity index (χ4n) is 1.38. The largest absolute Gasteiger partial charge is 0.490 e. The molecule has 0 aliphatic heterocycles. The number of carboxylic acid groups (broad SMARTS) is 1. The molecule has 0 saturated heterocycles. The third kappa shape index (κ3) is 1.71. The van der Waals surface area contributed by atoms with E-state index in [0.717, 1.165) is 18.4 Å². The average molecular weight is 192 g/mol. The molecule has 1 saturated carbocycles. The lowest BCUT2D eigenvalue weighted by atomic mass is 10.1. The van der Waals surface area contributed by atoms with Gasteiger partial charge in [0.1, 0.15) is 11.3 Å². The monoisotopic (exact) mass is 192 g/mol. The van der Waals surface area contributed by atoms with Crippen LogP contribution in [-0.2, 0) is 0 Å². The van der Waals surface area contributed by atoms with Crippen LogP contribution >= 0.6 is 0 Å². The van der Waals surface area contributed by atoms with E-state index in [2.05, 4.69) is 0 Å². The highest BCUT2D eigenvalue weighted by molar-refractivity contribution is 5.92. The second kappa shape index (κ2) is 3.33. The Labute approximate surface area is 82.3 Å². The number of hydrogen-bond acceptors (Lipinski definition) is 2. The van der Waals surface area contributed by atoms with Gasteiger partial charge in [0.2, 0.25) is 0 Å². The van der Waals surface area contributed by atoms with E-state index in [1.807, 2.05) is 6.07 Å². The molecular formula is C11H12O3. The summed E-state index contributed by atoms with van der Waals surface area (Å²) in [4.78, 5) is 11.0. The first kappa shape index (κ1) is 9.06. The fraction of sp³-hybridized carbons (Fsp3) is 0.364. The zero-order valence-electron chi connectivity index (χ0n) is 7.99. The lowest BCUT2D eigenvalue weighted by molar-refractivity contribution is 0.0691. The molecule has 0 amide bonds. The Balaban J connectivity index is 2.35. The molecule has 0 radical (unpaired) electrons. The summed E-state index contributed by atoms with van der Waals surface area (Å²) in [5.41, 5.74) is 1.04. The summed E-state index contributed by atoms with van der Waals surface area (Å²) in [6.07, 6.45) is 2.30. The maximum Gasteiger partial charge on any atom is 0.339 e. The Morgan fingerprint density at radius 3 is 2.79 bits per heavy atom. The molecule has 1 aliphatic rings. The van der Waals surface area contributed by atoms with Crippen molar-refractivity contribution in [3.63, 3.8) is 0 Å². The van der Waals surface area contributed by atoms with Crippen LogP contribution in [0.2, 0.25) is 0 Å². The number of carbonyl (C=O) groups is 1. The Hall–Kier alpha value is -1.51. The van der Waals surface area contributed by atoms with Gasteiger partial charge in [-0.2, -0.15) is 0 Å². The molecule has 14 heavy (non-hydrogen) atoms. The Kier molecular flexibility index (Phi) is 2.15. The molecule has 0 aromatic heterocycles. The minimum Gasteiger partial charge on any atom is -0.490 e. The van der Waals surface area contributed by atoms with Crippen molar-refractivity contribution in [3.8, 4) is 5.75 Å². The molecule has 1 N–H and O–H groups in total. The van der Waals surface area contributed by atoms with E-state index in [4.69, 9.17) is 9.84 Å². The van der Waals surface area contributed by atoms with E-state index >= 15 is 0 Å². The van der Waals surface area contributed by atoms with Crippen molar-refractivity contribution >= 4 is 5.97 Å². The summed E-state index contributed by atoms with van der Waals surface area (Å²) in [6.45, 7) is 1.78. The standard InChI is InChI=1S/C11H12O3/c1-7-3-2-4-9(10(7)11(12)13)14-8-5-6-8/h2-4,8H,5-6H2,1H3,(H,12,13). The number of benzene rings is 1. The van der Waals surface area contributed by atoms with Crippen molar-refractivity contribution in [3.05, 3.63) is 29.3 Å². The lowest BCUT2D eigenvalue weighted by Gasteiger charge is -2.09. The van der Waals surface area contributed by atoms with Crippen molar-refractivity contribution in [2.75, 3.05) is 0 Å². The Morgan fingerprint density at radius 2 is 2.21 bits per heavy atom. The topological polar surface area (TPSA) is 46.5 Å². The van der Waals surface area contributed by atoms with Gasteiger partial charge in [-0.3, -0.25) is 0 Å². The maximum absolute atomic E-state index is 11.0. The van der Waals surface area contributed by atoms with Gasteiger partial charge in [-0.25, -0.2) is 4.79 Å². The van der Waals surface area contributed by atoms with Gasteiger partial charge in [-0.05, 0) is 31.4 Å². The molecule has 3 heteroatoms. The van der Waals surface area contributed by atoms with E-state index in [1.54, 1.807) is 19.1 Å². The fourth-order valence-corrected chi connectivity index (χ4v) is 1.38. The predicted molar refractivity (Wildman–Crippen MR) is 51.8 cm³/mol. The number of aryl methyl sites for hydroxylation is 1. The van der Waals surface area contributed by atoms with Gasteiger partial charge in [0, 0.05) is 0 Å². The molecule has 0 unspecified atom stereocenters. The van der Waals surface area contributed by atoms with Gasteiger partial charge in [0.05, 0.1) is 6.10 Å². The third-order valence-corrected chi connectivity index (χ3v) is 2.27. The molecule has 74 valence electrons. The molecule has 0 heterocycles. The molecular weight excluding hydrogens is 180 g/mol. The van der Waals surface area contributed by atoms with Gasteiger partial charge < -0.3 is 9.84 Å². The van der Waals surface area contributed by atoms with Gasteiger partial charge in [0.15, 0.2) is 0 Å². The van der Waals surface area contributed by atoms with Crippen molar-refractivity contribution in [1.29, 1.82) is 0 Å². The second-order valence-electron chi connectivity index (χ2n) is 3.57. The van der Waals surface area contributed by atoms with Crippen LogP contribution in [0.25, 0.3) is 0 Å². The number of aromatic carboxylic acids is 1. The summed E-state index contributed by atoms with van der Waals surface area (Å²) in [6, 6.07) is 5.32. The van der Waals surface area contributed by atoms with Crippen LogP contribution in [0.1, 0.15) is 28.8 Å². The molecule has 1 aromatic carbocycles. The van der Waals surface area contributed by atoms with Gasteiger partial charge in [-0.1, -0.05) is 12.1 Å². The van der Waals surface area contributed by atoms with Crippen molar-refractivity contribution in [1.82, 2.24) is 0 Å². The van der Waals surface area contributed by atoms with Crippen LogP contribution in [0.15, 0.2) is 18.2 Å². The number of carboxylic acids is 1. The van der Waals surface area contributed by atoms with E-state index in [-0.39, 0.29) is 6.10 Å². The van der Waals surface area contributed by atoms with Crippen molar-refractivity contribution in [2.45, 2.75) is 25.9 Å².